The smallest absolute Gasteiger partial charge is 0.367 e. The molecule has 0 spiro atoms. The molecular weight excluding hydrogens is 409 g/mol. The molecule has 0 saturated carbocycles. The molecule has 0 aromatic carbocycles. The number of alkyl halides is 3. The number of hydrogen-bond acceptors (Lipinski definition) is 4. The highest BCUT2D eigenvalue weighted by atomic mass is 19.4. The summed E-state index contributed by atoms with van der Waals surface area (Å²) < 4.78 is 42.2. The molecule has 1 fully saturated rings. The minimum Gasteiger partial charge on any atom is -0.367 e. The van der Waals surface area contributed by atoms with Crippen molar-refractivity contribution in [2.75, 3.05) is 11.9 Å². The molecule has 2 aliphatic heterocycles. The summed E-state index contributed by atoms with van der Waals surface area (Å²) in [6, 6.07) is -0.514. The van der Waals surface area contributed by atoms with Gasteiger partial charge in [-0.15, -0.1) is 0 Å². The van der Waals surface area contributed by atoms with Crippen LogP contribution in [-0.4, -0.2) is 49.5 Å². The molecule has 31 heavy (non-hydrogen) atoms. The fourth-order valence-electron chi connectivity index (χ4n) is 4.72. The molecule has 2 aliphatic rings. The van der Waals surface area contributed by atoms with Crippen LogP contribution in [0.2, 0.25) is 0 Å². The SMILES string of the molecule is CC[C@H]1C[C@@H](C(F)(F)F)n2nc([C@@H]3CCCCN3C(=O)Cc3c(C)n[nH]c3C)cc2N1. The van der Waals surface area contributed by atoms with E-state index >= 15 is 0 Å². The number of hydrogen-bond donors (Lipinski definition) is 2. The van der Waals surface area contributed by atoms with Crippen LogP contribution in [0.3, 0.4) is 0 Å². The van der Waals surface area contributed by atoms with Gasteiger partial charge in [0.1, 0.15) is 5.82 Å². The predicted molar refractivity (Wildman–Crippen MR) is 110 cm³/mol. The van der Waals surface area contributed by atoms with Crippen LogP contribution in [0.15, 0.2) is 6.07 Å². The van der Waals surface area contributed by atoms with Gasteiger partial charge in [0.25, 0.3) is 0 Å². The maximum Gasteiger partial charge on any atom is 0.410 e. The predicted octanol–water partition coefficient (Wildman–Crippen LogP) is 4.22. The Balaban J connectivity index is 1.62. The van der Waals surface area contributed by atoms with E-state index in [1.807, 2.05) is 20.8 Å². The van der Waals surface area contributed by atoms with E-state index in [1.54, 1.807) is 11.0 Å². The second-order valence-electron chi connectivity index (χ2n) is 8.63. The zero-order valence-electron chi connectivity index (χ0n) is 18.1. The van der Waals surface area contributed by atoms with Crippen LogP contribution in [-0.2, 0) is 11.2 Å². The topological polar surface area (TPSA) is 78.8 Å². The summed E-state index contributed by atoms with van der Waals surface area (Å²) in [5, 5.41) is 14.6. The Bertz CT molecular complexity index is 930. The highest BCUT2D eigenvalue weighted by molar-refractivity contribution is 5.80. The minimum absolute atomic E-state index is 0.0412. The van der Waals surface area contributed by atoms with E-state index in [9.17, 15) is 18.0 Å². The lowest BCUT2D eigenvalue weighted by molar-refractivity contribution is -0.173. The van der Waals surface area contributed by atoms with Crippen molar-refractivity contribution in [2.45, 2.75) is 83.6 Å². The number of fused-ring (bicyclic) bond motifs is 1. The third kappa shape index (κ3) is 4.16. The number of aryl methyl sites for hydroxylation is 2. The molecule has 7 nitrogen and oxygen atoms in total. The van der Waals surface area contributed by atoms with Gasteiger partial charge in [0.15, 0.2) is 6.04 Å². The summed E-state index contributed by atoms with van der Waals surface area (Å²) in [6.07, 6.45) is -1.11. The van der Waals surface area contributed by atoms with Crippen molar-refractivity contribution in [3.63, 3.8) is 0 Å². The molecule has 1 amide bonds. The molecular formula is C21H29F3N6O. The second kappa shape index (κ2) is 8.20. The number of piperidine rings is 1. The van der Waals surface area contributed by atoms with Gasteiger partial charge >= 0.3 is 6.18 Å². The van der Waals surface area contributed by atoms with Crippen LogP contribution in [0.1, 0.15) is 73.8 Å². The van der Waals surface area contributed by atoms with E-state index in [-0.39, 0.29) is 30.8 Å². The van der Waals surface area contributed by atoms with E-state index in [1.165, 1.54) is 0 Å². The van der Waals surface area contributed by atoms with E-state index < -0.39 is 12.2 Å². The van der Waals surface area contributed by atoms with Crippen LogP contribution in [0.5, 0.6) is 0 Å². The minimum atomic E-state index is -4.37. The van der Waals surface area contributed by atoms with E-state index in [0.29, 0.717) is 30.9 Å². The normalized spacial score (nSPS) is 24.1. The van der Waals surface area contributed by atoms with Gasteiger partial charge in [-0.1, -0.05) is 6.92 Å². The van der Waals surface area contributed by atoms with Crippen LogP contribution >= 0.6 is 0 Å². The lowest BCUT2D eigenvalue weighted by atomic mass is 9.97. The van der Waals surface area contributed by atoms with Crippen molar-refractivity contribution in [2.24, 2.45) is 0 Å². The maximum absolute atomic E-state index is 13.7. The number of amides is 1. The summed E-state index contributed by atoms with van der Waals surface area (Å²) in [5.74, 6) is 0.338. The molecule has 2 N–H and O–H groups in total. The Hall–Kier alpha value is -2.52. The number of nitrogens with zero attached hydrogens (tertiary/aromatic N) is 4. The molecule has 0 radical (unpaired) electrons. The molecule has 3 atom stereocenters. The van der Waals surface area contributed by atoms with Crippen molar-refractivity contribution < 1.29 is 18.0 Å². The Labute approximate surface area is 179 Å². The summed E-state index contributed by atoms with van der Waals surface area (Å²) in [7, 11) is 0. The number of H-pyrrole nitrogens is 1. The van der Waals surface area contributed by atoms with Gasteiger partial charge in [-0.2, -0.15) is 23.4 Å². The van der Waals surface area contributed by atoms with Gasteiger partial charge in [-0.05, 0) is 46.0 Å². The van der Waals surface area contributed by atoms with Gasteiger partial charge in [0, 0.05) is 29.9 Å². The first kappa shape index (κ1) is 21.7. The molecule has 0 aliphatic carbocycles. The number of nitrogens with one attached hydrogen (secondary N) is 2. The molecule has 2 aromatic rings. The monoisotopic (exact) mass is 438 g/mol. The fraction of sp³-hybridized carbons (Fsp3) is 0.667. The van der Waals surface area contributed by atoms with Gasteiger partial charge in [-0.25, -0.2) is 4.68 Å². The van der Waals surface area contributed by atoms with Crippen LogP contribution < -0.4 is 5.32 Å². The summed E-state index contributed by atoms with van der Waals surface area (Å²) in [5.41, 5.74) is 3.06. The van der Waals surface area contributed by atoms with Crippen LogP contribution in [0.25, 0.3) is 0 Å². The Morgan fingerprint density at radius 2 is 2.06 bits per heavy atom. The molecule has 170 valence electrons. The molecule has 4 heterocycles. The van der Waals surface area contributed by atoms with E-state index in [2.05, 4.69) is 20.6 Å². The van der Waals surface area contributed by atoms with E-state index in [0.717, 1.165) is 34.5 Å². The van der Waals surface area contributed by atoms with Gasteiger partial charge < -0.3 is 10.2 Å². The third-order valence-electron chi connectivity index (χ3n) is 6.55. The standard InChI is InChI=1S/C21H29F3N6O/c1-4-14-9-18(21(22,23)24)30-19(25-14)11-16(28-30)17-7-5-6-8-29(17)20(31)10-15-12(2)26-27-13(15)3/h11,14,17-18,25H,4-10H2,1-3H3,(H,26,27)/t14-,17-,18-/m0/s1. The van der Waals surface area contributed by atoms with Crippen LogP contribution in [0.4, 0.5) is 19.0 Å². The number of anilines is 1. The quantitative estimate of drug-likeness (QED) is 0.749. The zero-order valence-corrected chi connectivity index (χ0v) is 18.1. The third-order valence-corrected chi connectivity index (χ3v) is 6.55. The first-order chi connectivity index (χ1) is 14.7. The molecule has 2 aromatic heterocycles. The average molecular weight is 438 g/mol. The van der Waals surface area contributed by atoms with Gasteiger partial charge in [-0.3, -0.25) is 9.89 Å². The summed E-state index contributed by atoms with van der Waals surface area (Å²) >= 11 is 0. The number of likely N-dealkylation sites (tertiary alicyclic amines) is 1. The summed E-state index contributed by atoms with van der Waals surface area (Å²) in [6.45, 7) is 6.19. The first-order valence-electron chi connectivity index (χ1n) is 10.9. The average Bonchev–Trinajstić information content (AvgIpc) is 3.30. The van der Waals surface area contributed by atoms with Crippen molar-refractivity contribution in [3.05, 3.63) is 28.7 Å². The van der Waals surface area contributed by atoms with Crippen molar-refractivity contribution in [1.82, 2.24) is 24.9 Å². The molecule has 0 bridgehead atoms. The lowest BCUT2D eigenvalue weighted by Gasteiger charge is -2.35. The number of aromatic amines is 1. The zero-order chi connectivity index (χ0) is 22.3. The second-order valence-corrected chi connectivity index (χ2v) is 8.63. The lowest BCUT2D eigenvalue weighted by Crippen LogP contribution is -2.40. The number of aromatic nitrogens is 4. The Morgan fingerprint density at radius 1 is 1.29 bits per heavy atom. The highest BCUT2D eigenvalue weighted by Crippen LogP contribution is 2.42. The number of rotatable bonds is 4. The highest BCUT2D eigenvalue weighted by Gasteiger charge is 2.46. The molecule has 0 unspecified atom stereocenters. The van der Waals surface area contributed by atoms with Crippen LogP contribution in [0, 0.1) is 13.8 Å². The Morgan fingerprint density at radius 3 is 2.71 bits per heavy atom. The first-order valence-corrected chi connectivity index (χ1v) is 10.9. The van der Waals surface area contributed by atoms with Gasteiger partial charge in [0.05, 0.1) is 23.9 Å². The number of carbonyl (C=O) groups is 1. The Kier molecular flexibility index (Phi) is 5.74. The van der Waals surface area contributed by atoms with Gasteiger partial charge in [0.2, 0.25) is 5.91 Å². The number of carbonyl (C=O) groups excluding carboxylic acids is 1. The number of halogens is 3. The van der Waals surface area contributed by atoms with Crippen molar-refractivity contribution >= 4 is 11.7 Å². The van der Waals surface area contributed by atoms with E-state index in [4.69, 9.17) is 0 Å². The van der Waals surface area contributed by atoms with Crippen molar-refractivity contribution in [3.8, 4) is 0 Å². The van der Waals surface area contributed by atoms with Crippen molar-refractivity contribution in [1.29, 1.82) is 0 Å². The summed E-state index contributed by atoms with van der Waals surface area (Å²) in [4.78, 5) is 15.0. The molecule has 1 saturated heterocycles. The fourth-order valence-corrected chi connectivity index (χ4v) is 4.72. The molecule has 4 rings (SSSR count). The maximum atomic E-state index is 13.7. The molecule has 10 heteroatoms. The largest absolute Gasteiger partial charge is 0.410 e.